The molecule has 136 valence electrons. The van der Waals surface area contributed by atoms with E-state index in [9.17, 15) is 18.0 Å². The summed E-state index contributed by atoms with van der Waals surface area (Å²) in [6, 6.07) is 0. The predicted octanol–water partition coefficient (Wildman–Crippen LogP) is 2.43. The van der Waals surface area contributed by atoms with E-state index in [1.165, 1.54) is 4.57 Å². The lowest BCUT2D eigenvalue weighted by molar-refractivity contribution is -0.141. The van der Waals surface area contributed by atoms with Crippen molar-refractivity contribution in [2.24, 2.45) is 5.92 Å². The van der Waals surface area contributed by atoms with Crippen LogP contribution >= 0.6 is 0 Å². The zero-order valence-electron chi connectivity index (χ0n) is 14.0. The first-order valence-corrected chi connectivity index (χ1v) is 8.05. The average molecular weight is 356 g/mol. The molecule has 2 aromatic heterocycles. The summed E-state index contributed by atoms with van der Waals surface area (Å²) in [6.07, 6.45) is -2.03. The lowest BCUT2D eigenvalue weighted by atomic mass is 9.99. The summed E-state index contributed by atoms with van der Waals surface area (Å²) in [5.74, 6) is 0.997. The SMILES string of the molecule is Cc1noc(C)c1CC(=O)NCC1CCc2nc(C(F)(F)F)cn2C1. The van der Waals surface area contributed by atoms with E-state index in [0.717, 1.165) is 11.8 Å². The fourth-order valence-corrected chi connectivity index (χ4v) is 3.05. The zero-order chi connectivity index (χ0) is 18.2. The van der Waals surface area contributed by atoms with Crippen LogP contribution in [0.15, 0.2) is 10.7 Å². The Hall–Kier alpha value is -2.32. The van der Waals surface area contributed by atoms with Crippen molar-refractivity contribution >= 4 is 5.91 Å². The van der Waals surface area contributed by atoms with Gasteiger partial charge in [-0.3, -0.25) is 4.79 Å². The van der Waals surface area contributed by atoms with E-state index in [1.54, 1.807) is 13.8 Å². The third-order valence-corrected chi connectivity index (χ3v) is 4.49. The second-order valence-corrected chi connectivity index (χ2v) is 6.38. The van der Waals surface area contributed by atoms with Crippen LogP contribution in [0.4, 0.5) is 13.2 Å². The number of imidazole rings is 1. The second-order valence-electron chi connectivity index (χ2n) is 6.38. The van der Waals surface area contributed by atoms with Crippen LogP contribution in [0, 0.1) is 19.8 Å². The number of amides is 1. The number of hydrogen-bond donors (Lipinski definition) is 1. The minimum absolute atomic E-state index is 0.0800. The van der Waals surface area contributed by atoms with Crippen LogP contribution in [0.1, 0.15) is 35.0 Å². The van der Waals surface area contributed by atoms with Crippen LogP contribution < -0.4 is 5.32 Å². The lowest BCUT2D eigenvalue weighted by Crippen LogP contribution is -2.34. The van der Waals surface area contributed by atoms with E-state index in [1.807, 2.05) is 0 Å². The van der Waals surface area contributed by atoms with Gasteiger partial charge in [0, 0.05) is 31.3 Å². The van der Waals surface area contributed by atoms with Gasteiger partial charge in [-0.2, -0.15) is 13.2 Å². The van der Waals surface area contributed by atoms with Crippen molar-refractivity contribution in [1.82, 2.24) is 20.0 Å². The molecule has 1 N–H and O–H groups in total. The normalized spacial score (nSPS) is 17.4. The van der Waals surface area contributed by atoms with Crippen LogP contribution in [0.25, 0.3) is 0 Å². The van der Waals surface area contributed by atoms with Crippen LogP contribution in [0.2, 0.25) is 0 Å². The van der Waals surface area contributed by atoms with E-state index in [4.69, 9.17) is 4.52 Å². The molecule has 0 spiro atoms. The quantitative estimate of drug-likeness (QED) is 0.913. The summed E-state index contributed by atoms with van der Waals surface area (Å²) in [6.45, 7) is 4.37. The molecular weight excluding hydrogens is 337 g/mol. The topological polar surface area (TPSA) is 73.0 Å². The number of alkyl halides is 3. The average Bonchev–Trinajstić information content (AvgIpc) is 3.10. The number of hydrogen-bond acceptors (Lipinski definition) is 4. The maximum absolute atomic E-state index is 12.7. The smallest absolute Gasteiger partial charge is 0.361 e. The summed E-state index contributed by atoms with van der Waals surface area (Å²) in [5.41, 5.74) is 0.603. The summed E-state index contributed by atoms with van der Waals surface area (Å²) in [4.78, 5) is 15.7. The van der Waals surface area contributed by atoms with E-state index in [2.05, 4.69) is 15.5 Å². The molecule has 3 rings (SSSR count). The number of nitrogens with zero attached hydrogens (tertiary/aromatic N) is 3. The van der Waals surface area contributed by atoms with Crippen molar-refractivity contribution in [1.29, 1.82) is 0 Å². The highest BCUT2D eigenvalue weighted by atomic mass is 19.4. The largest absolute Gasteiger partial charge is 0.434 e. The molecule has 9 heteroatoms. The van der Waals surface area contributed by atoms with Crippen molar-refractivity contribution in [3.8, 4) is 0 Å². The molecule has 1 atom stereocenters. The summed E-state index contributed by atoms with van der Waals surface area (Å²) in [7, 11) is 0. The highest BCUT2D eigenvalue weighted by Crippen LogP contribution is 2.30. The molecule has 1 unspecified atom stereocenters. The number of halogens is 3. The van der Waals surface area contributed by atoms with Gasteiger partial charge in [0.25, 0.3) is 0 Å². The summed E-state index contributed by atoms with van der Waals surface area (Å²) in [5, 5.41) is 6.66. The van der Waals surface area contributed by atoms with Crippen molar-refractivity contribution in [2.75, 3.05) is 6.54 Å². The van der Waals surface area contributed by atoms with Gasteiger partial charge >= 0.3 is 6.18 Å². The van der Waals surface area contributed by atoms with Crippen molar-refractivity contribution in [3.05, 3.63) is 34.7 Å². The van der Waals surface area contributed by atoms with Gasteiger partial charge in [-0.25, -0.2) is 4.98 Å². The first-order chi connectivity index (χ1) is 11.7. The Morgan fingerprint density at radius 2 is 2.20 bits per heavy atom. The van der Waals surface area contributed by atoms with Gasteiger partial charge in [0.15, 0.2) is 5.69 Å². The number of carbonyl (C=O) groups is 1. The number of aromatic nitrogens is 3. The lowest BCUT2D eigenvalue weighted by Gasteiger charge is -2.23. The first kappa shape index (κ1) is 17.5. The molecule has 3 heterocycles. The number of aryl methyl sites for hydroxylation is 3. The molecular formula is C16H19F3N4O2. The molecule has 6 nitrogen and oxygen atoms in total. The van der Waals surface area contributed by atoms with E-state index in [0.29, 0.717) is 43.2 Å². The van der Waals surface area contributed by atoms with E-state index >= 15 is 0 Å². The Kier molecular flexibility index (Phi) is 4.57. The Balaban J connectivity index is 1.55. The fourth-order valence-electron chi connectivity index (χ4n) is 3.05. The molecule has 0 aliphatic carbocycles. The molecule has 0 radical (unpaired) electrons. The zero-order valence-corrected chi connectivity index (χ0v) is 14.0. The number of carbonyl (C=O) groups excluding carboxylic acids is 1. The third-order valence-electron chi connectivity index (χ3n) is 4.49. The van der Waals surface area contributed by atoms with Crippen LogP contribution in [0.5, 0.6) is 0 Å². The molecule has 2 aromatic rings. The Morgan fingerprint density at radius 1 is 1.44 bits per heavy atom. The van der Waals surface area contributed by atoms with Crippen LogP contribution in [-0.4, -0.2) is 27.2 Å². The van der Waals surface area contributed by atoms with Crippen molar-refractivity contribution in [2.45, 2.75) is 45.8 Å². The third kappa shape index (κ3) is 3.85. The van der Waals surface area contributed by atoms with E-state index in [-0.39, 0.29) is 18.2 Å². The van der Waals surface area contributed by atoms with E-state index < -0.39 is 11.9 Å². The maximum atomic E-state index is 12.7. The molecule has 1 aliphatic heterocycles. The number of rotatable bonds is 4. The monoisotopic (exact) mass is 356 g/mol. The Bertz CT molecular complexity index is 759. The van der Waals surface area contributed by atoms with Crippen molar-refractivity contribution in [3.63, 3.8) is 0 Å². The van der Waals surface area contributed by atoms with Gasteiger partial charge in [-0.05, 0) is 26.2 Å². The Morgan fingerprint density at radius 3 is 2.84 bits per heavy atom. The van der Waals surface area contributed by atoms with Crippen molar-refractivity contribution < 1.29 is 22.5 Å². The summed E-state index contributed by atoms with van der Waals surface area (Å²) < 4.78 is 44.7. The molecule has 1 amide bonds. The molecule has 1 aliphatic rings. The standard InChI is InChI=1S/C16H19F3N4O2/c1-9-12(10(2)25-22-9)5-15(24)20-6-11-3-4-14-21-13(16(17,18)19)8-23(14)7-11/h8,11H,3-7H2,1-2H3,(H,20,24). The molecule has 0 bridgehead atoms. The number of nitrogens with one attached hydrogen (secondary N) is 1. The first-order valence-electron chi connectivity index (χ1n) is 8.05. The highest BCUT2D eigenvalue weighted by molar-refractivity contribution is 5.78. The van der Waals surface area contributed by atoms with Gasteiger partial charge in [0.1, 0.15) is 11.6 Å². The van der Waals surface area contributed by atoms with Gasteiger partial charge in [0.2, 0.25) is 5.91 Å². The number of fused-ring (bicyclic) bond motifs is 1. The molecule has 0 saturated heterocycles. The van der Waals surface area contributed by atoms with Crippen LogP contribution in [0.3, 0.4) is 0 Å². The molecule has 0 fully saturated rings. The van der Waals surface area contributed by atoms with Gasteiger partial charge in [-0.15, -0.1) is 0 Å². The highest BCUT2D eigenvalue weighted by Gasteiger charge is 2.35. The molecule has 0 aromatic carbocycles. The fraction of sp³-hybridized carbons (Fsp3) is 0.562. The molecule has 25 heavy (non-hydrogen) atoms. The maximum Gasteiger partial charge on any atom is 0.434 e. The molecule has 0 saturated carbocycles. The minimum Gasteiger partial charge on any atom is -0.361 e. The van der Waals surface area contributed by atoms with Gasteiger partial charge in [0.05, 0.1) is 12.1 Å². The second kappa shape index (κ2) is 6.53. The predicted molar refractivity (Wildman–Crippen MR) is 81.7 cm³/mol. The summed E-state index contributed by atoms with van der Waals surface area (Å²) >= 11 is 0. The minimum atomic E-state index is -4.43. The van der Waals surface area contributed by atoms with Crippen LogP contribution in [-0.2, 0) is 30.4 Å². The Labute approximate surface area is 142 Å². The van der Waals surface area contributed by atoms with Gasteiger partial charge < -0.3 is 14.4 Å². The van der Waals surface area contributed by atoms with Gasteiger partial charge in [-0.1, -0.05) is 5.16 Å².